The first-order valence-electron chi connectivity index (χ1n) is 6.81. The molecule has 3 rings (SSSR count). The third-order valence-electron chi connectivity index (χ3n) is 3.42. The third-order valence-corrected chi connectivity index (χ3v) is 4.77. The summed E-state index contributed by atoms with van der Waals surface area (Å²) >= 11 is 4.61. The molecule has 1 aliphatic heterocycles. The molecule has 0 radical (unpaired) electrons. The number of carbonyl (C=O) groups is 2. The molecule has 1 saturated heterocycles. The molecule has 1 aliphatic rings. The number of esters is 1. The van der Waals surface area contributed by atoms with Gasteiger partial charge >= 0.3 is 5.97 Å². The molecular formula is C14H13BrN4O3S. The number of aromatic nitrogens is 2. The normalized spacial score (nSPS) is 17.4. The van der Waals surface area contributed by atoms with E-state index in [9.17, 15) is 9.59 Å². The minimum Gasteiger partial charge on any atom is -0.465 e. The number of carbonyl (C=O) groups excluding carboxylic acids is 2. The average molecular weight is 397 g/mol. The molecule has 1 unspecified atom stereocenters. The summed E-state index contributed by atoms with van der Waals surface area (Å²) in [5.74, 6) is -0.154. The second-order valence-corrected chi connectivity index (χ2v) is 6.64. The van der Waals surface area contributed by atoms with E-state index < -0.39 is 12.0 Å². The predicted molar refractivity (Wildman–Crippen MR) is 89.8 cm³/mol. The largest absolute Gasteiger partial charge is 0.465 e. The van der Waals surface area contributed by atoms with E-state index in [4.69, 9.17) is 4.74 Å². The lowest BCUT2D eigenvalue weighted by Crippen LogP contribution is -2.34. The Kier molecular flexibility index (Phi) is 4.58. The summed E-state index contributed by atoms with van der Waals surface area (Å²) in [7, 11) is 1.32. The van der Waals surface area contributed by atoms with E-state index in [1.165, 1.54) is 18.4 Å². The van der Waals surface area contributed by atoms with Crippen molar-refractivity contribution in [1.82, 2.24) is 9.97 Å². The van der Waals surface area contributed by atoms with Gasteiger partial charge in [0.05, 0.1) is 17.1 Å². The van der Waals surface area contributed by atoms with Gasteiger partial charge in [-0.3, -0.25) is 4.79 Å². The summed E-state index contributed by atoms with van der Waals surface area (Å²) in [5.41, 5.74) is 0.409. The maximum absolute atomic E-state index is 12.6. The highest BCUT2D eigenvalue weighted by atomic mass is 79.9. The van der Waals surface area contributed by atoms with Crippen LogP contribution in [-0.4, -0.2) is 41.5 Å². The molecule has 2 aromatic rings. The van der Waals surface area contributed by atoms with E-state index in [0.29, 0.717) is 29.5 Å². The van der Waals surface area contributed by atoms with Crippen LogP contribution in [0.4, 0.5) is 10.9 Å². The molecule has 1 N–H and O–H groups in total. The highest BCUT2D eigenvalue weighted by Crippen LogP contribution is 2.32. The summed E-state index contributed by atoms with van der Waals surface area (Å²) < 4.78 is 5.52. The van der Waals surface area contributed by atoms with Crippen LogP contribution < -0.4 is 10.2 Å². The number of nitrogens with zero attached hydrogens (tertiary/aromatic N) is 3. The third kappa shape index (κ3) is 3.20. The first-order valence-corrected chi connectivity index (χ1v) is 8.48. The number of hydrogen-bond acceptors (Lipinski definition) is 7. The topological polar surface area (TPSA) is 84.4 Å². The van der Waals surface area contributed by atoms with Crippen molar-refractivity contribution in [1.29, 1.82) is 0 Å². The van der Waals surface area contributed by atoms with Crippen LogP contribution in [0.3, 0.4) is 0 Å². The molecule has 1 fully saturated rings. The molecule has 23 heavy (non-hydrogen) atoms. The van der Waals surface area contributed by atoms with Gasteiger partial charge < -0.3 is 15.0 Å². The van der Waals surface area contributed by atoms with Crippen molar-refractivity contribution in [2.75, 3.05) is 23.9 Å². The lowest BCUT2D eigenvalue weighted by molar-refractivity contribution is -0.117. The first kappa shape index (κ1) is 15.9. The van der Waals surface area contributed by atoms with Gasteiger partial charge in [-0.25, -0.2) is 14.8 Å². The molecular weight excluding hydrogens is 384 g/mol. The quantitative estimate of drug-likeness (QED) is 0.798. The zero-order valence-electron chi connectivity index (χ0n) is 12.2. The van der Waals surface area contributed by atoms with Gasteiger partial charge in [0, 0.05) is 18.9 Å². The van der Waals surface area contributed by atoms with Crippen molar-refractivity contribution in [3.8, 4) is 0 Å². The molecule has 9 heteroatoms. The average Bonchev–Trinajstić information content (AvgIpc) is 3.16. The Balaban J connectivity index is 1.75. The lowest BCUT2D eigenvalue weighted by Gasteiger charge is -2.16. The predicted octanol–water partition coefficient (Wildman–Crippen LogP) is 2.30. The number of thiophene rings is 1. The number of anilines is 2. The minimum absolute atomic E-state index is 0.107. The summed E-state index contributed by atoms with van der Waals surface area (Å²) in [6.07, 6.45) is 3.83. The number of nitrogens with one attached hydrogen (secondary N) is 1. The monoisotopic (exact) mass is 396 g/mol. The van der Waals surface area contributed by atoms with Crippen molar-refractivity contribution in [3.63, 3.8) is 0 Å². The van der Waals surface area contributed by atoms with Crippen molar-refractivity contribution in [3.05, 3.63) is 33.9 Å². The van der Waals surface area contributed by atoms with E-state index in [2.05, 4.69) is 31.2 Å². The fraction of sp³-hybridized carbons (Fsp3) is 0.286. The number of hydrogen-bond donors (Lipinski definition) is 1. The van der Waals surface area contributed by atoms with Gasteiger partial charge in [0.15, 0.2) is 0 Å². The number of rotatable bonds is 4. The lowest BCUT2D eigenvalue weighted by atomic mass is 10.2. The second-order valence-electron chi connectivity index (χ2n) is 4.83. The Morgan fingerprint density at radius 3 is 2.91 bits per heavy atom. The van der Waals surface area contributed by atoms with E-state index >= 15 is 0 Å². The Morgan fingerprint density at radius 1 is 1.48 bits per heavy atom. The van der Waals surface area contributed by atoms with Gasteiger partial charge in [0.2, 0.25) is 11.9 Å². The molecule has 7 nitrogen and oxygen atoms in total. The Bertz CT molecular complexity index is 734. The van der Waals surface area contributed by atoms with Crippen LogP contribution in [0.25, 0.3) is 0 Å². The zero-order chi connectivity index (χ0) is 16.4. The van der Waals surface area contributed by atoms with Crippen molar-refractivity contribution in [2.24, 2.45) is 0 Å². The highest BCUT2D eigenvalue weighted by Gasteiger charge is 2.35. The fourth-order valence-corrected chi connectivity index (χ4v) is 3.46. The SMILES string of the molecule is COC(=O)c1ccsc1N1CCC(Nc2ncc(Br)cn2)C1=O. The van der Waals surface area contributed by atoms with Crippen LogP contribution in [0.2, 0.25) is 0 Å². The molecule has 0 spiro atoms. The maximum Gasteiger partial charge on any atom is 0.340 e. The fourth-order valence-electron chi connectivity index (χ4n) is 2.33. The summed E-state index contributed by atoms with van der Waals surface area (Å²) in [4.78, 5) is 34.2. The first-order chi connectivity index (χ1) is 11.1. The van der Waals surface area contributed by atoms with E-state index in [-0.39, 0.29) is 5.91 Å². The Hall–Kier alpha value is -2.00. The Labute approximate surface area is 144 Å². The van der Waals surface area contributed by atoms with Crippen LogP contribution in [0.15, 0.2) is 28.3 Å². The number of methoxy groups -OCH3 is 1. The van der Waals surface area contributed by atoms with E-state index in [1.807, 2.05) is 0 Å². The molecule has 120 valence electrons. The Morgan fingerprint density at radius 2 is 2.22 bits per heavy atom. The standard InChI is InChI=1S/C14H13BrN4O3S/c1-22-13(21)9-3-5-23-12(9)19-4-2-10(11(19)20)18-14-16-6-8(15)7-17-14/h3,5-7,10H,2,4H2,1H3,(H,16,17,18). The van der Waals surface area contributed by atoms with Crippen LogP contribution in [-0.2, 0) is 9.53 Å². The van der Waals surface area contributed by atoms with Gasteiger partial charge in [-0.1, -0.05) is 0 Å². The molecule has 1 amide bonds. The molecule has 0 bridgehead atoms. The summed E-state index contributed by atoms with van der Waals surface area (Å²) in [6.45, 7) is 0.525. The summed E-state index contributed by atoms with van der Waals surface area (Å²) in [6, 6.07) is 1.25. The van der Waals surface area contributed by atoms with Gasteiger partial charge in [0.25, 0.3) is 0 Å². The number of halogens is 1. The molecule has 1 atom stereocenters. The van der Waals surface area contributed by atoms with Gasteiger partial charge in [-0.05, 0) is 33.8 Å². The molecule has 0 saturated carbocycles. The van der Waals surface area contributed by atoms with Crippen LogP contribution in [0.1, 0.15) is 16.8 Å². The number of ether oxygens (including phenoxy) is 1. The van der Waals surface area contributed by atoms with E-state index in [1.54, 1.807) is 28.7 Å². The second kappa shape index (κ2) is 6.63. The summed E-state index contributed by atoms with van der Waals surface area (Å²) in [5, 5.41) is 5.41. The molecule has 0 aromatic carbocycles. The van der Waals surface area contributed by atoms with Crippen LogP contribution >= 0.6 is 27.3 Å². The number of amides is 1. The smallest absolute Gasteiger partial charge is 0.340 e. The molecule has 0 aliphatic carbocycles. The van der Waals surface area contributed by atoms with Gasteiger partial charge in [0.1, 0.15) is 11.0 Å². The molecule has 2 aromatic heterocycles. The highest BCUT2D eigenvalue weighted by molar-refractivity contribution is 9.10. The molecule has 3 heterocycles. The minimum atomic E-state index is -0.443. The van der Waals surface area contributed by atoms with E-state index in [0.717, 1.165) is 4.47 Å². The van der Waals surface area contributed by atoms with Crippen molar-refractivity contribution < 1.29 is 14.3 Å². The zero-order valence-corrected chi connectivity index (χ0v) is 14.6. The van der Waals surface area contributed by atoms with Crippen molar-refractivity contribution in [2.45, 2.75) is 12.5 Å². The van der Waals surface area contributed by atoms with Gasteiger partial charge in [-0.15, -0.1) is 11.3 Å². The van der Waals surface area contributed by atoms with Crippen molar-refractivity contribution >= 4 is 50.1 Å². The van der Waals surface area contributed by atoms with Gasteiger partial charge in [-0.2, -0.15) is 0 Å². The maximum atomic E-state index is 12.6. The van der Waals surface area contributed by atoms with Crippen LogP contribution in [0.5, 0.6) is 0 Å². The van der Waals surface area contributed by atoms with Crippen LogP contribution in [0, 0.1) is 0 Å².